The maximum atomic E-state index is 12.4. The number of hydrogen-bond donors (Lipinski definition) is 0. The van der Waals surface area contributed by atoms with Crippen LogP contribution in [0.25, 0.3) is 0 Å². The van der Waals surface area contributed by atoms with Crippen LogP contribution in [0, 0.1) is 11.8 Å². The number of esters is 1. The Morgan fingerprint density at radius 2 is 1.60 bits per heavy atom. The van der Waals surface area contributed by atoms with E-state index in [4.69, 9.17) is 4.74 Å². The van der Waals surface area contributed by atoms with E-state index in [0.717, 1.165) is 25.2 Å². The smallest absolute Gasteiger partial charge is 0.314 e. The Morgan fingerprint density at radius 1 is 0.920 bits per heavy atom. The summed E-state index contributed by atoms with van der Waals surface area (Å²) in [7, 11) is 0. The minimum absolute atomic E-state index is 0.0257. The Labute approximate surface area is 154 Å². The molecule has 1 aliphatic carbocycles. The monoisotopic (exact) mass is 344 g/mol. The van der Waals surface area contributed by atoms with Crippen LogP contribution in [-0.2, 0) is 11.2 Å². The number of benzene rings is 1. The molecule has 0 saturated heterocycles. The summed E-state index contributed by atoms with van der Waals surface area (Å²) in [5.74, 6) is 1.61. The third-order valence-corrected chi connectivity index (χ3v) is 5.59. The molecular formula is C23H36O2. The highest BCUT2D eigenvalue weighted by Crippen LogP contribution is 2.32. The van der Waals surface area contributed by atoms with Crippen molar-refractivity contribution < 1.29 is 9.53 Å². The second-order valence-corrected chi connectivity index (χ2v) is 7.74. The van der Waals surface area contributed by atoms with Crippen molar-refractivity contribution >= 4 is 5.97 Å². The van der Waals surface area contributed by atoms with Crippen molar-refractivity contribution in [2.24, 2.45) is 11.8 Å². The SMILES string of the molecule is CCCCCCCc1ccc(OC(=O)[C@H]2CC[C@H](CCC)CC2)cc1. The fraction of sp³-hybridized carbons (Fsp3) is 0.696. The number of aryl methyl sites for hydroxylation is 1. The zero-order valence-corrected chi connectivity index (χ0v) is 16.3. The lowest BCUT2D eigenvalue weighted by Crippen LogP contribution is -2.25. The molecule has 140 valence electrons. The minimum Gasteiger partial charge on any atom is -0.426 e. The van der Waals surface area contributed by atoms with Crippen LogP contribution < -0.4 is 4.74 Å². The van der Waals surface area contributed by atoms with Crippen molar-refractivity contribution in [3.63, 3.8) is 0 Å². The van der Waals surface area contributed by atoms with E-state index in [-0.39, 0.29) is 11.9 Å². The van der Waals surface area contributed by atoms with Crippen molar-refractivity contribution in [3.8, 4) is 5.75 Å². The largest absolute Gasteiger partial charge is 0.426 e. The van der Waals surface area contributed by atoms with Gasteiger partial charge in [0.2, 0.25) is 0 Å². The molecule has 0 atom stereocenters. The maximum Gasteiger partial charge on any atom is 0.314 e. The third-order valence-electron chi connectivity index (χ3n) is 5.59. The van der Waals surface area contributed by atoms with Crippen LogP contribution in [0.15, 0.2) is 24.3 Å². The average Bonchev–Trinajstić information content (AvgIpc) is 2.64. The van der Waals surface area contributed by atoms with E-state index in [1.807, 2.05) is 12.1 Å². The maximum absolute atomic E-state index is 12.4. The summed E-state index contributed by atoms with van der Waals surface area (Å²) in [6.45, 7) is 4.49. The van der Waals surface area contributed by atoms with E-state index in [9.17, 15) is 4.79 Å². The number of carbonyl (C=O) groups excluding carboxylic acids is 1. The van der Waals surface area contributed by atoms with Crippen LogP contribution >= 0.6 is 0 Å². The van der Waals surface area contributed by atoms with E-state index in [0.29, 0.717) is 5.75 Å². The van der Waals surface area contributed by atoms with Gasteiger partial charge in [0.05, 0.1) is 5.92 Å². The van der Waals surface area contributed by atoms with Gasteiger partial charge in [0.1, 0.15) is 5.75 Å². The molecule has 0 N–H and O–H groups in total. The first-order chi connectivity index (χ1) is 12.2. The van der Waals surface area contributed by atoms with Crippen LogP contribution in [0.4, 0.5) is 0 Å². The highest BCUT2D eigenvalue weighted by molar-refractivity contribution is 5.75. The number of carbonyl (C=O) groups is 1. The molecule has 1 saturated carbocycles. The molecule has 0 amide bonds. The molecule has 1 aliphatic rings. The number of ether oxygens (including phenoxy) is 1. The van der Waals surface area contributed by atoms with Crippen molar-refractivity contribution in [2.45, 2.75) is 90.9 Å². The predicted molar refractivity (Wildman–Crippen MR) is 105 cm³/mol. The lowest BCUT2D eigenvalue weighted by molar-refractivity contribution is -0.140. The molecule has 1 aromatic rings. The lowest BCUT2D eigenvalue weighted by atomic mass is 9.80. The Kier molecular flexibility index (Phi) is 9.07. The summed E-state index contributed by atoms with van der Waals surface area (Å²) in [5, 5.41) is 0. The molecule has 0 unspecified atom stereocenters. The van der Waals surface area contributed by atoms with E-state index < -0.39 is 0 Å². The first kappa shape index (κ1) is 20.0. The molecule has 0 spiro atoms. The Bertz CT molecular complexity index is 483. The summed E-state index contributed by atoms with van der Waals surface area (Å²) in [4.78, 5) is 12.4. The van der Waals surface area contributed by atoms with E-state index in [1.165, 1.54) is 63.4 Å². The van der Waals surface area contributed by atoms with Crippen LogP contribution in [0.2, 0.25) is 0 Å². The zero-order chi connectivity index (χ0) is 17.9. The lowest BCUT2D eigenvalue weighted by Gasteiger charge is -2.26. The Hall–Kier alpha value is -1.31. The normalized spacial score (nSPS) is 20.4. The van der Waals surface area contributed by atoms with Gasteiger partial charge in [-0.1, -0.05) is 64.5 Å². The molecule has 2 heteroatoms. The molecule has 1 aromatic carbocycles. The van der Waals surface area contributed by atoms with Crippen LogP contribution in [0.1, 0.15) is 90.0 Å². The highest BCUT2D eigenvalue weighted by Gasteiger charge is 2.27. The summed E-state index contributed by atoms with van der Waals surface area (Å²) in [6.07, 6.45) is 14.6. The van der Waals surface area contributed by atoms with Gasteiger partial charge in [-0.2, -0.15) is 0 Å². The molecule has 0 bridgehead atoms. The van der Waals surface area contributed by atoms with E-state index in [2.05, 4.69) is 26.0 Å². The molecule has 1 fully saturated rings. The van der Waals surface area contributed by atoms with Gasteiger partial charge < -0.3 is 4.74 Å². The predicted octanol–water partition coefficient (Wildman–Crippen LogP) is 6.71. The highest BCUT2D eigenvalue weighted by atomic mass is 16.5. The summed E-state index contributed by atoms with van der Waals surface area (Å²) < 4.78 is 5.62. The average molecular weight is 345 g/mol. The van der Waals surface area contributed by atoms with Crippen molar-refractivity contribution in [3.05, 3.63) is 29.8 Å². The molecule has 0 heterocycles. The summed E-state index contributed by atoms with van der Waals surface area (Å²) >= 11 is 0. The van der Waals surface area contributed by atoms with Crippen LogP contribution in [-0.4, -0.2) is 5.97 Å². The second kappa shape index (κ2) is 11.3. The van der Waals surface area contributed by atoms with Crippen LogP contribution in [0.5, 0.6) is 5.75 Å². The second-order valence-electron chi connectivity index (χ2n) is 7.74. The first-order valence-electron chi connectivity index (χ1n) is 10.5. The van der Waals surface area contributed by atoms with Gasteiger partial charge >= 0.3 is 5.97 Å². The van der Waals surface area contributed by atoms with Gasteiger partial charge in [-0.3, -0.25) is 4.79 Å². The standard InChI is InChI=1S/C23H36O2/c1-3-5-6-7-8-10-20-13-17-22(18-14-20)25-23(24)21-15-11-19(9-4-2)12-16-21/h13-14,17-19,21H,3-12,15-16H2,1-2H3/t19-,21-. The molecule has 0 radical (unpaired) electrons. The van der Waals surface area contributed by atoms with Crippen LogP contribution in [0.3, 0.4) is 0 Å². The van der Waals surface area contributed by atoms with Gasteiger partial charge in [0, 0.05) is 0 Å². The number of unbranched alkanes of at least 4 members (excludes halogenated alkanes) is 4. The van der Waals surface area contributed by atoms with Gasteiger partial charge in [-0.15, -0.1) is 0 Å². The van der Waals surface area contributed by atoms with Crippen molar-refractivity contribution in [1.29, 1.82) is 0 Å². The molecular weight excluding hydrogens is 308 g/mol. The summed E-state index contributed by atoms with van der Waals surface area (Å²) in [6, 6.07) is 8.14. The molecule has 0 aromatic heterocycles. The van der Waals surface area contributed by atoms with Crippen molar-refractivity contribution in [1.82, 2.24) is 0 Å². The zero-order valence-electron chi connectivity index (χ0n) is 16.3. The van der Waals surface area contributed by atoms with E-state index >= 15 is 0 Å². The third kappa shape index (κ3) is 7.22. The molecule has 2 rings (SSSR count). The number of rotatable bonds is 10. The number of hydrogen-bond acceptors (Lipinski definition) is 2. The van der Waals surface area contributed by atoms with Gasteiger partial charge in [0.25, 0.3) is 0 Å². The van der Waals surface area contributed by atoms with Gasteiger partial charge in [0.15, 0.2) is 0 Å². The minimum atomic E-state index is -0.0257. The molecule has 0 aliphatic heterocycles. The molecule has 25 heavy (non-hydrogen) atoms. The first-order valence-corrected chi connectivity index (χ1v) is 10.5. The fourth-order valence-corrected chi connectivity index (χ4v) is 3.95. The fourth-order valence-electron chi connectivity index (χ4n) is 3.95. The molecule has 2 nitrogen and oxygen atoms in total. The summed E-state index contributed by atoms with van der Waals surface area (Å²) in [5.41, 5.74) is 1.34. The Balaban J connectivity index is 1.70. The van der Waals surface area contributed by atoms with Gasteiger partial charge in [-0.05, 0) is 62.1 Å². The quantitative estimate of drug-likeness (QED) is 0.268. The van der Waals surface area contributed by atoms with Gasteiger partial charge in [-0.25, -0.2) is 0 Å². The topological polar surface area (TPSA) is 26.3 Å². The Morgan fingerprint density at radius 3 is 2.24 bits per heavy atom. The van der Waals surface area contributed by atoms with E-state index in [1.54, 1.807) is 0 Å². The van der Waals surface area contributed by atoms with Crippen molar-refractivity contribution in [2.75, 3.05) is 0 Å².